The quantitative estimate of drug-likeness (QED) is 0.517. The van der Waals surface area contributed by atoms with Crippen molar-refractivity contribution in [3.8, 4) is 0 Å². The molecule has 6 heteroatoms. The summed E-state index contributed by atoms with van der Waals surface area (Å²) in [6, 6.07) is 1.77. The Bertz CT molecular complexity index is 398. The second kappa shape index (κ2) is 5.42. The van der Waals surface area contributed by atoms with Gasteiger partial charge in [0.05, 0.1) is 6.10 Å². The molecule has 0 saturated heterocycles. The molecule has 0 unspecified atom stereocenters. The average molecular weight is 274 g/mol. The van der Waals surface area contributed by atoms with E-state index in [-0.39, 0.29) is 6.10 Å². The number of aliphatic hydroxyl groups is 1. The summed E-state index contributed by atoms with van der Waals surface area (Å²) >= 11 is 7.43. The number of anilines is 1. The molecule has 1 heterocycles. The molecular weight excluding hydrogens is 258 g/mol. The molecule has 0 aromatic carbocycles. The van der Waals surface area contributed by atoms with Gasteiger partial charge in [0.25, 0.3) is 0 Å². The van der Waals surface area contributed by atoms with Crippen LogP contribution in [0.3, 0.4) is 0 Å². The Kier molecular flexibility index (Phi) is 4.12. The van der Waals surface area contributed by atoms with Crippen LogP contribution in [-0.4, -0.2) is 41.0 Å². The second-order valence-corrected chi connectivity index (χ2v) is 5.57. The van der Waals surface area contributed by atoms with E-state index in [0.29, 0.717) is 16.2 Å². The maximum absolute atomic E-state index is 9.26. The molecule has 1 saturated carbocycles. The number of rotatable bonds is 4. The van der Waals surface area contributed by atoms with Gasteiger partial charge in [-0.1, -0.05) is 23.4 Å². The van der Waals surface area contributed by atoms with E-state index in [2.05, 4.69) is 14.9 Å². The summed E-state index contributed by atoms with van der Waals surface area (Å²) in [6.45, 7) is 0.901. The maximum Gasteiger partial charge on any atom is 0.190 e. The summed E-state index contributed by atoms with van der Waals surface area (Å²) in [7, 11) is 1.99. The van der Waals surface area contributed by atoms with Crippen molar-refractivity contribution >= 4 is 29.2 Å². The summed E-state index contributed by atoms with van der Waals surface area (Å²) in [6.07, 6.45) is 3.60. The fourth-order valence-corrected chi connectivity index (χ4v) is 2.60. The van der Waals surface area contributed by atoms with E-state index in [9.17, 15) is 5.11 Å². The predicted octanol–water partition coefficient (Wildman–Crippen LogP) is 2.06. The Morgan fingerprint density at radius 2 is 2.24 bits per heavy atom. The molecule has 0 spiro atoms. The first kappa shape index (κ1) is 12.9. The van der Waals surface area contributed by atoms with Gasteiger partial charge in [-0.2, -0.15) is 0 Å². The van der Waals surface area contributed by atoms with Crippen LogP contribution in [0.5, 0.6) is 0 Å². The summed E-state index contributed by atoms with van der Waals surface area (Å²) in [5.74, 6) is 1.40. The number of nitrogens with zero attached hydrogens (tertiary/aromatic N) is 3. The largest absolute Gasteiger partial charge is 0.393 e. The van der Waals surface area contributed by atoms with Crippen molar-refractivity contribution in [3.05, 3.63) is 11.2 Å². The van der Waals surface area contributed by atoms with E-state index >= 15 is 0 Å². The molecule has 94 valence electrons. The van der Waals surface area contributed by atoms with Crippen molar-refractivity contribution in [2.75, 3.05) is 24.7 Å². The number of thioether (sulfide) groups is 1. The van der Waals surface area contributed by atoms with Crippen molar-refractivity contribution in [2.45, 2.75) is 24.1 Å². The fourth-order valence-electron chi connectivity index (χ4n) is 2.00. The van der Waals surface area contributed by atoms with Gasteiger partial charge in [0.15, 0.2) is 5.16 Å². The van der Waals surface area contributed by atoms with Crippen LogP contribution in [0.4, 0.5) is 5.82 Å². The van der Waals surface area contributed by atoms with Crippen LogP contribution in [0, 0.1) is 5.92 Å². The van der Waals surface area contributed by atoms with Gasteiger partial charge in [0.2, 0.25) is 0 Å². The monoisotopic (exact) mass is 273 g/mol. The van der Waals surface area contributed by atoms with Gasteiger partial charge < -0.3 is 10.0 Å². The topological polar surface area (TPSA) is 49.2 Å². The number of aromatic nitrogens is 2. The van der Waals surface area contributed by atoms with Crippen molar-refractivity contribution in [3.63, 3.8) is 0 Å². The SMILES string of the molecule is CSc1nc(Cl)cc(N(C)CC2CC(O)C2)n1. The van der Waals surface area contributed by atoms with Crippen LogP contribution in [0.25, 0.3) is 0 Å². The Morgan fingerprint density at radius 1 is 1.53 bits per heavy atom. The fraction of sp³-hybridized carbons (Fsp3) is 0.636. The first-order valence-electron chi connectivity index (χ1n) is 5.56. The van der Waals surface area contributed by atoms with Gasteiger partial charge in [-0.3, -0.25) is 0 Å². The molecule has 1 aromatic heterocycles. The van der Waals surface area contributed by atoms with Gasteiger partial charge in [-0.15, -0.1) is 0 Å². The lowest BCUT2D eigenvalue weighted by molar-refractivity contribution is 0.0464. The molecule has 17 heavy (non-hydrogen) atoms. The predicted molar refractivity (Wildman–Crippen MR) is 70.8 cm³/mol. The smallest absolute Gasteiger partial charge is 0.190 e. The zero-order chi connectivity index (χ0) is 12.4. The molecule has 1 fully saturated rings. The Labute approximate surface area is 110 Å². The van der Waals surface area contributed by atoms with E-state index in [1.807, 2.05) is 13.3 Å². The Balaban J connectivity index is 2.02. The van der Waals surface area contributed by atoms with Gasteiger partial charge in [-0.25, -0.2) is 9.97 Å². The van der Waals surface area contributed by atoms with Crippen molar-refractivity contribution in [1.29, 1.82) is 0 Å². The molecule has 0 amide bonds. The first-order valence-corrected chi connectivity index (χ1v) is 7.16. The van der Waals surface area contributed by atoms with Crippen LogP contribution in [0.2, 0.25) is 5.15 Å². The first-order chi connectivity index (χ1) is 8.08. The van der Waals surface area contributed by atoms with E-state index in [4.69, 9.17) is 11.6 Å². The number of hydrogen-bond donors (Lipinski definition) is 1. The molecule has 0 aliphatic heterocycles. The zero-order valence-corrected chi connectivity index (χ0v) is 11.5. The standard InChI is InChI=1S/C11H16ClN3OS/c1-15(6-7-3-8(16)4-7)10-5-9(12)13-11(14-10)17-2/h5,7-8,16H,3-4,6H2,1-2H3. The van der Waals surface area contributed by atoms with Crippen molar-refractivity contribution in [2.24, 2.45) is 5.92 Å². The molecule has 4 nitrogen and oxygen atoms in total. The van der Waals surface area contributed by atoms with Gasteiger partial charge in [0, 0.05) is 19.7 Å². The number of halogens is 1. The number of aliphatic hydroxyl groups excluding tert-OH is 1. The van der Waals surface area contributed by atoms with E-state index in [1.54, 1.807) is 6.07 Å². The molecule has 0 bridgehead atoms. The van der Waals surface area contributed by atoms with Crippen LogP contribution in [-0.2, 0) is 0 Å². The Hall–Kier alpha value is -0.520. The highest BCUT2D eigenvalue weighted by molar-refractivity contribution is 7.98. The lowest BCUT2D eigenvalue weighted by Gasteiger charge is -2.34. The van der Waals surface area contributed by atoms with E-state index in [1.165, 1.54) is 11.8 Å². The normalized spacial score (nSPS) is 23.3. The van der Waals surface area contributed by atoms with Crippen LogP contribution in [0.1, 0.15) is 12.8 Å². The van der Waals surface area contributed by atoms with Crippen molar-refractivity contribution < 1.29 is 5.11 Å². The van der Waals surface area contributed by atoms with Gasteiger partial charge >= 0.3 is 0 Å². The van der Waals surface area contributed by atoms with Crippen molar-refractivity contribution in [1.82, 2.24) is 9.97 Å². The molecule has 0 radical (unpaired) electrons. The van der Waals surface area contributed by atoms with E-state index < -0.39 is 0 Å². The minimum atomic E-state index is -0.107. The van der Waals surface area contributed by atoms with E-state index in [0.717, 1.165) is 25.2 Å². The molecule has 1 N–H and O–H groups in total. The maximum atomic E-state index is 9.26. The minimum Gasteiger partial charge on any atom is -0.393 e. The minimum absolute atomic E-state index is 0.107. The number of hydrogen-bond acceptors (Lipinski definition) is 5. The zero-order valence-electron chi connectivity index (χ0n) is 9.93. The van der Waals surface area contributed by atoms with Gasteiger partial charge in [-0.05, 0) is 25.0 Å². The lowest BCUT2D eigenvalue weighted by atomic mass is 9.82. The summed E-state index contributed by atoms with van der Waals surface area (Å²) in [5, 5.41) is 10.4. The third kappa shape index (κ3) is 3.24. The molecular formula is C11H16ClN3OS. The summed E-state index contributed by atoms with van der Waals surface area (Å²) in [5.41, 5.74) is 0. The Morgan fingerprint density at radius 3 is 2.82 bits per heavy atom. The highest BCUT2D eigenvalue weighted by Crippen LogP contribution is 2.29. The van der Waals surface area contributed by atoms with Crippen LogP contribution in [0.15, 0.2) is 11.2 Å². The second-order valence-electron chi connectivity index (χ2n) is 4.41. The van der Waals surface area contributed by atoms with Crippen LogP contribution >= 0.6 is 23.4 Å². The van der Waals surface area contributed by atoms with Crippen LogP contribution < -0.4 is 4.90 Å². The lowest BCUT2D eigenvalue weighted by Crippen LogP contribution is -2.37. The molecule has 1 aliphatic rings. The summed E-state index contributed by atoms with van der Waals surface area (Å²) < 4.78 is 0. The summed E-state index contributed by atoms with van der Waals surface area (Å²) in [4.78, 5) is 10.6. The molecule has 0 atom stereocenters. The van der Waals surface area contributed by atoms with Gasteiger partial charge in [0.1, 0.15) is 11.0 Å². The highest BCUT2D eigenvalue weighted by atomic mass is 35.5. The average Bonchev–Trinajstić information content (AvgIpc) is 2.26. The molecule has 1 aromatic rings. The molecule has 1 aliphatic carbocycles. The third-order valence-corrected chi connectivity index (χ3v) is 3.72. The third-order valence-electron chi connectivity index (χ3n) is 2.98. The molecule has 2 rings (SSSR count). The highest BCUT2D eigenvalue weighted by Gasteiger charge is 2.28.